The Morgan fingerprint density at radius 2 is 1.88 bits per heavy atom. The van der Waals surface area contributed by atoms with Crippen molar-refractivity contribution in [3.63, 3.8) is 0 Å². The van der Waals surface area contributed by atoms with Gasteiger partial charge in [-0.2, -0.15) is 18.4 Å². The van der Waals surface area contributed by atoms with Gasteiger partial charge in [-0.25, -0.2) is 0 Å². The van der Waals surface area contributed by atoms with E-state index in [9.17, 15) is 13.2 Å². The maximum atomic E-state index is 12.3. The van der Waals surface area contributed by atoms with E-state index >= 15 is 0 Å². The topological polar surface area (TPSA) is 35.8 Å². The molecule has 1 atom stereocenters. The van der Waals surface area contributed by atoms with Crippen LogP contribution in [-0.4, -0.2) is 18.3 Å². The lowest BCUT2D eigenvalue weighted by molar-refractivity contribution is -0.158. The highest BCUT2D eigenvalue weighted by Crippen LogP contribution is 2.30. The molecule has 1 aliphatic carbocycles. The van der Waals surface area contributed by atoms with E-state index in [-0.39, 0.29) is 12.1 Å². The Morgan fingerprint density at radius 3 is 2.31 bits per heavy atom. The van der Waals surface area contributed by atoms with E-state index in [1.165, 1.54) is 6.07 Å². The van der Waals surface area contributed by atoms with Crippen LogP contribution in [0.25, 0.3) is 0 Å². The quantitative estimate of drug-likeness (QED) is 0.814. The lowest BCUT2D eigenvalue weighted by Crippen LogP contribution is -2.47. The molecule has 92 valence electrons. The second kappa shape index (κ2) is 5.05. The first-order valence-corrected chi connectivity index (χ1v) is 5.59. The van der Waals surface area contributed by atoms with Crippen LogP contribution in [-0.2, 0) is 0 Å². The van der Waals surface area contributed by atoms with Gasteiger partial charge < -0.3 is 5.32 Å². The number of nitrogens with zero attached hydrogens (tertiary/aromatic N) is 1. The van der Waals surface area contributed by atoms with Crippen molar-refractivity contribution >= 4 is 0 Å². The normalized spacial score (nSPS) is 22.4. The second-order valence-corrected chi connectivity index (χ2v) is 4.73. The van der Waals surface area contributed by atoms with E-state index in [0.717, 1.165) is 32.1 Å². The van der Waals surface area contributed by atoms with Crippen LogP contribution in [0, 0.1) is 17.2 Å². The smallest absolute Gasteiger partial charge is 0.310 e. The molecule has 1 saturated carbocycles. The summed E-state index contributed by atoms with van der Waals surface area (Å²) < 4.78 is 37.0. The molecule has 0 aromatic rings. The number of rotatable bonds is 3. The van der Waals surface area contributed by atoms with Crippen molar-refractivity contribution < 1.29 is 13.2 Å². The highest BCUT2D eigenvalue weighted by Gasteiger charge is 2.41. The van der Waals surface area contributed by atoms with Crippen molar-refractivity contribution in [1.29, 1.82) is 5.26 Å². The average molecular weight is 234 g/mol. The average Bonchev–Trinajstić information content (AvgIpc) is 2.17. The second-order valence-electron chi connectivity index (χ2n) is 4.73. The molecular weight excluding hydrogens is 217 g/mol. The van der Waals surface area contributed by atoms with Gasteiger partial charge >= 0.3 is 6.18 Å². The molecule has 5 heteroatoms. The van der Waals surface area contributed by atoms with Gasteiger partial charge in [-0.05, 0) is 19.8 Å². The molecule has 0 spiro atoms. The Bertz CT molecular complexity index is 261. The lowest BCUT2D eigenvalue weighted by atomic mass is 9.83. The minimum atomic E-state index is -4.42. The standard InChI is InChI=1S/C11H17F3N2/c1-10(5-3-2-4-6-10)16-8-9(7-15)11(12,13)14/h9,16H,2-6,8H2,1H3. The number of hydrogen-bond acceptors (Lipinski definition) is 2. The Labute approximate surface area is 93.8 Å². The minimum Gasteiger partial charge on any atom is -0.310 e. The predicted octanol–water partition coefficient (Wildman–Crippen LogP) is 3.00. The van der Waals surface area contributed by atoms with Crippen LogP contribution in [0.4, 0.5) is 13.2 Å². The molecule has 1 aliphatic rings. The summed E-state index contributed by atoms with van der Waals surface area (Å²) in [5, 5.41) is 11.4. The Hall–Kier alpha value is -0.760. The summed E-state index contributed by atoms with van der Waals surface area (Å²) in [5.74, 6) is -1.90. The molecule has 1 N–H and O–H groups in total. The third-order valence-corrected chi connectivity index (χ3v) is 3.24. The van der Waals surface area contributed by atoms with Crippen molar-refractivity contribution in [2.75, 3.05) is 6.54 Å². The Morgan fingerprint density at radius 1 is 1.31 bits per heavy atom. The fourth-order valence-corrected chi connectivity index (χ4v) is 2.09. The van der Waals surface area contributed by atoms with Crippen molar-refractivity contribution in [2.45, 2.75) is 50.7 Å². The van der Waals surface area contributed by atoms with E-state index < -0.39 is 12.1 Å². The first-order chi connectivity index (χ1) is 7.37. The first kappa shape index (κ1) is 13.3. The Balaban J connectivity index is 2.46. The molecule has 0 aromatic heterocycles. The zero-order chi connectivity index (χ0) is 12.2. The molecule has 1 fully saturated rings. The summed E-state index contributed by atoms with van der Waals surface area (Å²) in [6.07, 6.45) is 0.608. The van der Waals surface area contributed by atoms with Crippen LogP contribution in [0.15, 0.2) is 0 Å². The summed E-state index contributed by atoms with van der Waals surface area (Å²) in [6.45, 7) is 1.65. The van der Waals surface area contributed by atoms with Gasteiger partial charge in [-0.1, -0.05) is 19.3 Å². The first-order valence-electron chi connectivity index (χ1n) is 5.59. The summed E-state index contributed by atoms with van der Waals surface area (Å²) in [4.78, 5) is 0. The van der Waals surface area contributed by atoms with Crippen molar-refractivity contribution in [2.24, 2.45) is 5.92 Å². The fourth-order valence-electron chi connectivity index (χ4n) is 2.09. The van der Waals surface area contributed by atoms with Crippen LogP contribution in [0.1, 0.15) is 39.0 Å². The van der Waals surface area contributed by atoms with E-state index in [1.54, 1.807) is 0 Å². The van der Waals surface area contributed by atoms with Crippen molar-refractivity contribution in [3.05, 3.63) is 0 Å². The van der Waals surface area contributed by atoms with Crippen LogP contribution in [0.5, 0.6) is 0 Å². The van der Waals surface area contributed by atoms with Gasteiger partial charge in [0.1, 0.15) is 0 Å². The molecule has 0 radical (unpaired) electrons. The fraction of sp³-hybridized carbons (Fsp3) is 0.909. The van der Waals surface area contributed by atoms with Crippen LogP contribution in [0.2, 0.25) is 0 Å². The summed E-state index contributed by atoms with van der Waals surface area (Å²) >= 11 is 0. The predicted molar refractivity (Wildman–Crippen MR) is 54.7 cm³/mol. The molecule has 0 aliphatic heterocycles. The third-order valence-electron chi connectivity index (χ3n) is 3.24. The summed E-state index contributed by atoms with van der Waals surface area (Å²) in [5.41, 5.74) is -0.224. The van der Waals surface area contributed by atoms with Crippen molar-refractivity contribution in [1.82, 2.24) is 5.32 Å². The largest absolute Gasteiger partial charge is 0.405 e. The molecule has 0 amide bonds. The molecular formula is C11H17F3N2. The molecule has 0 heterocycles. The van der Waals surface area contributed by atoms with Gasteiger partial charge in [0.25, 0.3) is 0 Å². The Kier molecular flexibility index (Phi) is 4.20. The van der Waals surface area contributed by atoms with Gasteiger partial charge in [0.15, 0.2) is 5.92 Å². The molecule has 0 saturated heterocycles. The molecule has 0 aromatic carbocycles. The van der Waals surface area contributed by atoms with Crippen LogP contribution < -0.4 is 5.32 Å². The monoisotopic (exact) mass is 234 g/mol. The summed E-state index contributed by atoms with van der Waals surface area (Å²) in [7, 11) is 0. The van der Waals surface area contributed by atoms with Gasteiger partial charge in [0.05, 0.1) is 6.07 Å². The molecule has 0 bridgehead atoms. The number of halogens is 3. The molecule has 16 heavy (non-hydrogen) atoms. The number of alkyl halides is 3. The zero-order valence-corrected chi connectivity index (χ0v) is 9.40. The molecule has 1 rings (SSSR count). The van der Waals surface area contributed by atoms with Gasteiger partial charge in [-0.3, -0.25) is 0 Å². The van der Waals surface area contributed by atoms with Crippen LogP contribution in [0.3, 0.4) is 0 Å². The zero-order valence-electron chi connectivity index (χ0n) is 9.40. The van der Waals surface area contributed by atoms with Crippen LogP contribution >= 0.6 is 0 Å². The SMILES string of the molecule is CC1(NCC(C#N)C(F)(F)F)CCCCC1. The molecule has 2 nitrogen and oxygen atoms in total. The van der Waals surface area contributed by atoms with E-state index in [4.69, 9.17) is 5.26 Å². The minimum absolute atomic E-state index is 0.224. The number of hydrogen-bond donors (Lipinski definition) is 1. The van der Waals surface area contributed by atoms with Crippen molar-refractivity contribution in [3.8, 4) is 6.07 Å². The highest BCUT2D eigenvalue weighted by atomic mass is 19.4. The lowest BCUT2D eigenvalue weighted by Gasteiger charge is -2.35. The van der Waals surface area contributed by atoms with E-state index in [0.29, 0.717) is 0 Å². The van der Waals surface area contributed by atoms with Gasteiger partial charge in [-0.15, -0.1) is 0 Å². The summed E-state index contributed by atoms with van der Waals surface area (Å²) in [6, 6.07) is 1.31. The third kappa shape index (κ3) is 3.67. The van der Waals surface area contributed by atoms with E-state index in [2.05, 4.69) is 5.32 Å². The molecule has 1 unspecified atom stereocenters. The number of nitrogens with one attached hydrogen (secondary N) is 1. The maximum Gasteiger partial charge on any atom is 0.405 e. The highest BCUT2D eigenvalue weighted by molar-refractivity contribution is 4.94. The maximum absolute atomic E-state index is 12.3. The number of nitriles is 1. The van der Waals surface area contributed by atoms with Gasteiger partial charge in [0.2, 0.25) is 0 Å². The van der Waals surface area contributed by atoms with E-state index in [1.807, 2.05) is 6.92 Å². The van der Waals surface area contributed by atoms with Gasteiger partial charge in [0, 0.05) is 12.1 Å².